The molecule has 0 aliphatic rings. The number of aromatic nitrogens is 2. The molecule has 4 heteroatoms. The Morgan fingerprint density at radius 3 is 2.62 bits per heavy atom. The predicted molar refractivity (Wildman–Crippen MR) is 59.8 cm³/mol. The molecule has 0 saturated carbocycles. The van der Waals surface area contributed by atoms with Crippen LogP contribution in [0.2, 0.25) is 0 Å². The third kappa shape index (κ3) is 1.84. The van der Waals surface area contributed by atoms with Gasteiger partial charge in [-0.05, 0) is 26.8 Å². The van der Waals surface area contributed by atoms with Gasteiger partial charge in [0.15, 0.2) is 5.82 Å². The Kier molecular flexibility index (Phi) is 2.75. The quantitative estimate of drug-likeness (QED) is 0.840. The molecule has 2 aromatic rings. The molecule has 2 aromatic heterocycles. The fourth-order valence-electron chi connectivity index (χ4n) is 1.63. The van der Waals surface area contributed by atoms with Gasteiger partial charge in [-0.2, -0.15) is 0 Å². The van der Waals surface area contributed by atoms with Crippen LogP contribution in [-0.2, 0) is 0 Å². The maximum absolute atomic E-state index is 9.48. The molecule has 0 aromatic carbocycles. The van der Waals surface area contributed by atoms with Gasteiger partial charge in [0.05, 0.1) is 17.9 Å². The van der Waals surface area contributed by atoms with Crippen molar-refractivity contribution < 1.29 is 9.52 Å². The van der Waals surface area contributed by atoms with E-state index in [1.54, 1.807) is 19.4 Å². The van der Waals surface area contributed by atoms with E-state index >= 15 is 0 Å². The summed E-state index contributed by atoms with van der Waals surface area (Å²) in [5.41, 5.74) is 2.44. The van der Waals surface area contributed by atoms with Crippen molar-refractivity contribution in [3.63, 3.8) is 0 Å². The van der Waals surface area contributed by atoms with Crippen LogP contribution in [0.4, 0.5) is 0 Å². The Hall–Kier alpha value is -1.68. The summed E-state index contributed by atoms with van der Waals surface area (Å²) in [7, 11) is 0. The predicted octanol–water partition coefficient (Wildman–Crippen LogP) is 2.41. The van der Waals surface area contributed by atoms with Crippen molar-refractivity contribution in [3.05, 3.63) is 35.5 Å². The summed E-state index contributed by atoms with van der Waals surface area (Å²) in [6.45, 7) is 5.44. The van der Waals surface area contributed by atoms with Gasteiger partial charge in [-0.1, -0.05) is 0 Å². The van der Waals surface area contributed by atoms with Crippen molar-refractivity contribution in [2.45, 2.75) is 26.9 Å². The number of nitrogens with zero attached hydrogens (tertiary/aromatic N) is 2. The molecule has 84 valence electrons. The van der Waals surface area contributed by atoms with Crippen molar-refractivity contribution >= 4 is 0 Å². The summed E-state index contributed by atoms with van der Waals surface area (Å²) in [6, 6.07) is 1.84. The highest BCUT2D eigenvalue weighted by atomic mass is 16.3. The van der Waals surface area contributed by atoms with E-state index in [2.05, 4.69) is 9.97 Å². The lowest BCUT2D eigenvalue weighted by Gasteiger charge is -2.08. The molecule has 1 N–H and O–H groups in total. The Labute approximate surface area is 94.0 Å². The molecule has 0 bridgehead atoms. The van der Waals surface area contributed by atoms with Crippen LogP contribution in [-0.4, -0.2) is 15.1 Å². The van der Waals surface area contributed by atoms with Gasteiger partial charge in [0.25, 0.3) is 0 Å². The first-order valence-electron chi connectivity index (χ1n) is 5.15. The summed E-state index contributed by atoms with van der Waals surface area (Å²) in [5, 5.41) is 9.48. The second kappa shape index (κ2) is 4.06. The topological polar surface area (TPSA) is 59.2 Å². The molecule has 0 radical (unpaired) electrons. The number of aliphatic hydroxyl groups is 1. The van der Waals surface area contributed by atoms with Gasteiger partial charge in [0, 0.05) is 17.5 Å². The van der Waals surface area contributed by atoms with Crippen LogP contribution in [0.25, 0.3) is 11.4 Å². The number of hydrogen-bond donors (Lipinski definition) is 1. The highest BCUT2D eigenvalue weighted by molar-refractivity contribution is 5.57. The first-order valence-corrected chi connectivity index (χ1v) is 5.15. The number of aliphatic hydroxyl groups excluding tert-OH is 1. The molecule has 4 nitrogen and oxygen atoms in total. The van der Waals surface area contributed by atoms with Crippen molar-refractivity contribution in [1.29, 1.82) is 0 Å². The van der Waals surface area contributed by atoms with Gasteiger partial charge >= 0.3 is 0 Å². The number of hydrogen-bond acceptors (Lipinski definition) is 4. The van der Waals surface area contributed by atoms with Crippen molar-refractivity contribution in [3.8, 4) is 11.4 Å². The Bertz CT molecular complexity index is 503. The normalized spacial score (nSPS) is 12.8. The van der Waals surface area contributed by atoms with Gasteiger partial charge in [-0.15, -0.1) is 0 Å². The fraction of sp³-hybridized carbons (Fsp3) is 0.333. The lowest BCUT2D eigenvalue weighted by atomic mass is 10.1. The molecule has 0 fully saturated rings. The molecule has 1 atom stereocenters. The molecule has 16 heavy (non-hydrogen) atoms. The van der Waals surface area contributed by atoms with Crippen molar-refractivity contribution in [2.24, 2.45) is 0 Å². The minimum absolute atomic E-state index is 0.542. The van der Waals surface area contributed by atoms with Crippen LogP contribution in [0, 0.1) is 13.8 Å². The number of furan rings is 1. The number of aryl methyl sites for hydroxylation is 2. The third-order valence-corrected chi connectivity index (χ3v) is 2.57. The summed E-state index contributed by atoms with van der Waals surface area (Å²) in [6.07, 6.45) is 2.74. The molecule has 0 amide bonds. The molecule has 0 saturated heterocycles. The van der Waals surface area contributed by atoms with Gasteiger partial charge in [-0.3, -0.25) is 0 Å². The highest BCUT2D eigenvalue weighted by Crippen LogP contribution is 2.22. The average molecular weight is 218 g/mol. The molecule has 2 rings (SSSR count). The second-order valence-corrected chi connectivity index (χ2v) is 3.80. The zero-order chi connectivity index (χ0) is 11.7. The summed E-state index contributed by atoms with van der Waals surface area (Å²) >= 11 is 0. The SMILES string of the molecule is Cc1nc(-c2ccoc2C)ncc1[C@@H](C)O. The summed E-state index contributed by atoms with van der Waals surface area (Å²) < 4.78 is 5.21. The van der Waals surface area contributed by atoms with Crippen molar-refractivity contribution in [1.82, 2.24) is 9.97 Å². The molecule has 2 heterocycles. The largest absolute Gasteiger partial charge is 0.469 e. The monoisotopic (exact) mass is 218 g/mol. The van der Waals surface area contributed by atoms with Crippen LogP contribution < -0.4 is 0 Å². The fourth-order valence-corrected chi connectivity index (χ4v) is 1.63. The molecule has 0 aliphatic carbocycles. The summed E-state index contributed by atoms with van der Waals surface area (Å²) in [4.78, 5) is 8.60. The van der Waals surface area contributed by atoms with E-state index in [-0.39, 0.29) is 0 Å². The molecule has 0 spiro atoms. The van der Waals surface area contributed by atoms with Crippen LogP contribution in [0.15, 0.2) is 22.9 Å². The van der Waals surface area contributed by atoms with Crippen LogP contribution >= 0.6 is 0 Å². The van der Waals surface area contributed by atoms with Crippen LogP contribution in [0.3, 0.4) is 0 Å². The Balaban J connectivity index is 2.46. The van der Waals surface area contributed by atoms with Crippen LogP contribution in [0.1, 0.15) is 30.0 Å². The Morgan fingerprint density at radius 1 is 1.38 bits per heavy atom. The summed E-state index contributed by atoms with van der Waals surface area (Å²) in [5.74, 6) is 1.43. The maximum Gasteiger partial charge on any atom is 0.162 e. The number of rotatable bonds is 2. The van der Waals surface area contributed by atoms with Gasteiger partial charge < -0.3 is 9.52 Å². The molecular weight excluding hydrogens is 204 g/mol. The van der Waals surface area contributed by atoms with E-state index in [1.165, 1.54) is 0 Å². The minimum atomic E-state index is -0.542. The highest BCUT2D eigenvalue weighted by Gasteiger charge is 2.11. The smallest absolute Gasteiger partial charge is 0.162 e. The molecule has 0 unspecified atom stereocenters. The van der Waals surface area contributed by atoms with Crippen molar-refractivity contribution in [2.75, 3.05) is 0 Å². The van der Waals surface area contributed by atoms with E-state index < -0.39 is 6.10 Å². The molecular formula is C12H14N2O2. The molecule has 0 aliphatic heterocycles. The van der Waals surface area contributed by atoms with E-state index in [1.807, 2.05) is 19.9 Å². The van der Waals surface area contributed by atoms with E-state index in [0.29, 0.717) is 5.82 Å². The zero-order valence-electron chi connectivity index (χ0n) is 9.56. The lowest BCUT2D eigenvalue weighted by molar-refractivity contribution is 0.197. The average Bonchev–Trinajstić information content (AvgIpc) is 2.63. The standard InChI is InChI=1S/C12H14N2O2/c1-7-11(8(2)15)6-13-12(14-7)10-4-5-16-9(10)3/h4-6,8,15H,1-3H3/t8-/m1/s1. The van der Waals surface area contributed by atoms with E-state index in [0.717, 1.165) is 22.6 Å². The third-order valence-electron chi connectivity index (χ3n) is 2.57. The van der Waals surface area contributed by atoms with Crippen LogP contribution in [0.5, 0.6) is 0 Å². The van der Waals surface area contributed by atoms with E-state index in [4.69, 9.17) is 4.42 Å². The van der Waals surface area contributed by atoms with Gasteiger partial charge in [0.1, 0.15) is 5.76 Å². The first kappa shape index (κ1) is 10.8. The van der Waals surface area contributed by atoms with Gasteiger partial charge in [0.2, 0.25) is 0 Å². The second-order valence-electron chi connectivity index (χ2n) is 3.80. The minimum Gasteiger partial charge on any atom is -0.469 e. The van der Waals surface area contributed by atoms with E-state index in [9.17, 15) is 5.11 Å². The maximum atomic E-state index is 9.48. The lowest BCUT2D eigenvalue weighted by Crippen LogP contribution is -2.01. The Morgan fingerprint density at radius 2 is 2.12 bits per heavy atom. The van der Waals surface area contributed by atoms with Gasteiger partial charge in [-0.25, -0.2) is 9.97 Å². The first-order chi connectivity index (χ1) is 7.59. The zero-order valence-corrected chi connectivity index (χ0v) is 9.56.